The van der Waals surface area contributed by atoms with Gasteiger partial charge in [-0.3, -0.25) is 43.2 Å². The molecule has 4 aromatic heterocycles. The third-order valence-electron chi connectivity index (χ3n) is 10.6. The minimum Gasteiger partial charge on any atom is -0.469 e. The summed E-state index contributed by atoms with van der Waals surface area (Å²) >= 11 is 1.57. The number of ether oxygens (including phenoxy) is 2. The van der Waals surface area contributed by atoms with Gasteiger partial charge in [-0.2, -0.15) is 31.4 Å². The summed E-state index contributed by atoms with van der Waals surface area (Å²) in [6.45, 7) is 13.2. The zero-order chi connectivity index (χ0) is 73.9. The van der Waals surface area contributed by atoms with Crippen molar-refractivity contribution in [1.29, 1.82) is 0 Å². The van der Waals surface area contributed by atoms with E-state index in [9.17, 15) is 79.1 Å². The number of halogens is 6. The zero-order valence-corrected chi connectivity index (χ0v) is 57.6. The van der Waals surface area contributed by atoms with Gasteiger partial charge in [0.05, 0.1) is 50.0 Å². The molecule has 31 heteroatoms. The second-order valence-corrected chi connectivity index (χ2v) is 21.2. The first-order valence-electron chi connectivity index (χ1n) is 29.6. The van der Waals surface area contributed by atoms with Crippen LogP contribution in [0.4, 0.5) is 32.0 Å². The van der Waals surface area contributed by atoms with Crippen LogP contribution in [0.3, 0.4) is 0 Å². The SMILES string of the molecule is CC(=O)CC1CCCO1.CC(=O)CCC(=O)NCC(F)(F)F.CC(=O)CCC(F)(F)F.CC(=O)CCc1ccccn1.CC(=O)CCc1cscn1.CC(=O)CN(C)c1ccccc1.CC(=O)Cc1ncccn1.CO/N=C/CC(C)=O.COC(=O)CC(C)=O.Cn1cncn1. The van der Waals surface area contributed by atoms with Crippen LogP contribution < -0.4 is 10.2 Å². The average molecular weight is 1380 g/mol. The van der Waals surface area contributed by atoms with Gasteiger partial charge in [-0.05, 0) is 118 Å². The van der Waals surface area contributed by atoms with Crippen LogP contribution >= 0.6 is 11.3 Å². The largest absolute Gasteiger partial charge is 0.469 e. The molecule has 1 aliphatic rings. The number of carbonyl (C=O) groups is 11. The van der Waals surface area contributed by atoms with Crippen molar-refractivity contribution >= 4 is 87.2 Å². The fraction of sp³-hybridized carbons (Fsp3) is 0.508. The van der Waals surface area contributed by atoms with E-state index in [1.54, 1.807) is 85.5 Å². The van der Waals surface area contributed by atoms with Gasteiger partial charge in [0.25, 0.3) is 0 Å². The summed E-state index contributed by atoms with van der Waals surface area (Å²) < 4.78 is 79.5. The molecule has 96 heavy (non-hydrogen) atoms. The maximum atomic E-state index is 11.5. The summed E-state index contributed by atoms with van der Waals surface area (Å²) in [7, 11) is 6.44. The van der Waals surface area contributed by atoms with Crippen LogP contribution in [0.1, 0.15) is 150 Å². The normalized spacial score (nSPS) is 11.4. The number of hydrogen-bond acceptors (Lipinski definition) is 23. The van der Waals surface area contributed by atoms with Crippen LogP contribution in [0.25, 0.3) is 0 Å². The molecule has 1 saturated heterocycles. The van der Waals surface area contributed by atoms with E-state index in [-0.39, 0.29) is 71.6 Å². The lowest BCUT2D eigenvalue weighted by Crippen LogP contribution is -2.33. The van der Waals surface area contributed by atoms with Crippen molar-refractivity contribution in [1.82, 2.24) is 40.0 Å². The van der Waals surface area contributed by atoms with E-state index in [0.29, 0.717) is 44.5 Å². The Morgan fingerprint density at radius 2 is 1.24 bits per heavy atom. The number of Topliss-reactive ketones (excluding diaryl/α,β-unsaturated/α-hetero) is 9. The molecule has 1 N–H and O–H groups in total. The Bertz CT molecular complexity index is 2960. The Hall–Kier alpha value is -9.00. The van der Waals surface area contributed by atoms with E-state index in [1.807, 2.05) is 72.9 Å². The summed E-state index contributed by atoms with van der Waals surface area (Å²) in [4.78, 5) is 140. The number of para-hydroxylation sites is 1. The highest BCUT2D eigenvalue weighted by Crippen LogP contribution is 2.21. The van der Waals surface area contributed by atoms with Gasteiger partial charge in [0.15, 0.2) is 0 Å². The number of thiazole rings is 1. The van der Waals surface area contributed by atoms with Crippen LogP contribution in [0, 0.1) is 0 Å². The van der Waals surface area contributed by atoms with Gasteiger partial charge in [-0.15, -0.1) is 11.3 Å². The van der Waals surface area contributed by atoms with E-state index < -0.39 is 49.4 Å². The number of methoxy groups -OCH3 is 1. The Labute approximate surface area is 561 Å². The van der Waals surface area contributed by atoms with E-state index in [4.69, 9.17) is 4.74 Å². The highest BCUT2D eigenvalue weighted by atomic mass is 32.1. The molecule has 1 unspecified atom stereocenters. The molecule has 5 aromatic rings. The third kappa shape index (κ3) is 74.0. The maximum Gasteiger partial charge on any atom is 0.405 e. The number of likely N-dealkylation sites (N-methyl/N-ethyl adjacent to an activating group) is 1. The molecule has 1 atom stereocenters. The minimum absolute atomic E-state index is 0.0241. The highest BCUT2D eigenvalue weighted by Gasteiger charge is 2.28. The average Bonchev–Trinajstić information content (AvgIpc) is 2.19. The van der Waals surface area contributed by atoms with Gasteiger partial charge in [-0.1, -0.05) is 29.4 Å². The Morgan fingerprint density at radius 3 is 1.61 bits per heavy atom. The number of pyridine rings is 1. The molecule has 1 aliphatic heterocycles. The number of anilines is 1. The number of nitrogens with one attached hydrogen (secondary N) is 1. The quantitative estimate of drug-likeness (QED) is 0.0197. The topological polar surface area (TPSA) is 325 Å². The molecular formula is C65H92F6N10O14S. The van der Waals surface area contributed by atoms with Gasteiger partial charge in [0.1, 0.15) is 90.6 Å². The molecule has 0 radical (unpaired) electrons. The van der Waals surface area contributed by atoms with Crippen LogP contribution in [0.15, 0.2) is 102 Å². The van der Waals surface area contributed by atoms with Crippen molar-refractivity contribution in [3.8, 4) is 0 Å². The number of alkyl halides is 6. The van der Waals surface area contributed by atoms with Crippen LogP contribution in [-0.4, -0.2) is 164 Å². The van der Waals surface area contributed by atoms with Crippen molar-refractivity contribution in [2.75, 3.05) is 45.9 Å². The molecule has 6 rings (SSSR count). The van der Waals surface area contributed by atoms with Crippen LogP contribution in [0.2, 0.25) is 0 Å². The summed E-state index contributed by atoms with van der Waals surface area (Å²) in [6, 6.07) is 17.3. The van der Waals surface area contributed by atoms with Crippen LogP contribution in [-0.2, 0) is 93.4 Å². The molecule has 534 valence electrons. The number of aryl methyl sites for hydroxylation is 3. The molecule has 1 fully saturated rings. The van der Waals surface area contributed by atoms with E-state index >= 15 is 0 Å². The van der Waals surface area contributed by atoms with Crippen LogP contribution in [0.5, 0.6) is 0 Å². The number of aromatic nitrogens is 7. The third-order valence-corrected chi connectivity index (χ3v) is 11.2. The van der Waals surface area contributed by atoms with Gasteiger partial charge >= 0.3 is 18.3 Å². The van der Waals surface area contributed by atoms with Gasteiger partial charge in [0.2, 0.25) is 5.91 Å². The van der Waals surface area contributed by atoms with Gasteiger partial charge in [0, 0.05) is 101 Å². The molecular weight excluding hydrogens is 1290 g/mol. The highest BCUT2D eigenvalue weighted by molar-refractivity contribution is 7.07. The number of benzene rings is 1. The molecule has 5 heterocycles. The lowest BCUT2D eigenvalue weighted by atomic mass is 10.1. The summed E-state index contributed by atoms with van der Waals surface area (Å²) in [5.74, 6) is -0.407. The molecule has 1 amide bonds. The first-order chi connectivity index (χ1) is 44.9. The van der Waals surface area contributed by atoms with E-state index in [1.165, 1.54) is 54.5 Å². The standard InChI is InChI=1S/C10H13NO.C9H11NO.C7H10F3NO2.C7H8N2O.C7H9NOS.C7H12O2.C5H7F3O.C5H9NO2.C5H8O3.C3H5N3/c1-9(12)8-11(2)10-6-4-3-5-7-10;1-8(11)5-6-9-4-2-3-7-10-9;1-5(12)2-3-6(13)11-4-7(8,9)10;1-6(10)5-7-8-3-2-4-9-7;1-6(9)2-3-7-4-10-5-8-7;1-6(8)5-7-3-2-4-9-7;1-4(9)2-3-5(6,7)8;1-5(7)3-4-6-8-2;1-4(6)3-5(7)8-2;1-6-3-4-2-5-6/h3-7H,8H2,1-2H3;2-4,7H,5-6H2,1H3;2-4H2,1H3,(H,11,13);2-4H,5H2,1H3;4-5H,2-3H2,1H3;7H,2-5H2,1H3;2-3H2,1H3;4H,3H2,1-2H3;3H2,1-2H3;2-3H,1H3/b;;;;;;;6-4+;;. The molecule has 0 spiro atoms. The minimum atomic E-state index is -4.40. The Morgan fingerprint density at radius 1 is 0.667 bits per heavy atom. The predicted molar refractivity (Wildman–Crippen MR) is 350 cm³/mol. The lowest BCUT2D eigenvalue weighted by molar-refractivity contribution is -0.143. The van der Waals surface area contributed by atoms with Crippen molar-refractivity contribution in [2.24, 2.45) is 12.2 Å². The molecule has 1 aromatic carbocycles. The van der Waals surface area contributed by atoms with E-state index in [0.717, 1.165) is 56.3 Å². The molecule has 0 saturated carbocycles. The number of ketones is 9. The number of amides is 1. The van der Waals surface area contributed by atoms with Crippen molar-refractivity contribution < 1.29 is 93.4 Å². The fourth-order valence-corrected chi connectivity index (χ4v) is 6.66. The Balaban J connectivity index is -0.000000492. The summed E-state index contributed by atoms with van der Waals surface area (Å²) in [5.41, 5.74) is 4.88. The maximum absolute atomic E-state index is 11.5. The first-order valence-corrected chi connectivity index (χ1v) is 30.5. The smallest absolute Gasteiger partial charge is 0.405 e. The number of hydrogen-bond donors (Lipinski definition) is 1. The number of nitrogens with zero attached hydrogens (tertiary/aromatic N) is 9. The van der Waals surface area contributed by atoms with Crippen molar-refractivity contribution in [3.63, 3.8) is 0 Å². The lowest BCUT2D eigenvalue weighted by Gasteiger charge is -2.16. The van der Waals surface area contributed by atoms with Gasteiger partial charge in [-0.25, -0.2) is 19.9 Å². The monoisotopic (exact) mass is 1380 g/mol. The summed E-state index contributed by atoms with van der Waals surface area (Å²) in [6.07, 6.45) is 5.76. The molecule has 0 bridgehead atoms. The summed E-state index contributed by atoms with van der Waals surface area (Å²) in [5, 5.41) is 10.7. The molecule has 24 nitrogen and oxygen atoms in total. The van der Waals surface area contributed by atoms with E-state index in [2.05, 4.69) is 44.7 Å². The number of rotatable bonds is 24. The van der Waals surface area contributed by atoms with Crippen molar-refractivity contribution in [2.45, 2.75) is 171 Å². The second kappa shape index (κ2) is 58.6. The number of carbonyl (C=O) groups excluding carboxylic acids is 11. The zero-order valence-electron chi connectivity index (χ0n) is 56.8. The first kappa shape index (κ1) is 93.4. The molecule has 0 aliphatic carbocycles. The van der Waals surface area contributed by atoms with Crippen molar-refractivity contribution in [3.05, 3.63) is 114 Å². The predicted octanol–water partition coefficient (Wildman–Crippen LogP) is 10.2. The second-order valence-electron chi connectivity index (χ2n) is 20.5. The number of oxime groups is 1. The number of esters is 1. The van der Waals surface area contributed by atoms with Gasteiger partial charge < -0.3 is 43.7 Å². The Kier molecular flexibility index (Phi) is 57.0. The fourth-order valence-electron chi connectivity index (χ4n) is 6.07.